The zero-order valence-electron chi connectivity index (χ0n) is 28.2. The zero-order chi connectivity index (χ0) is 31.9. The molecule has 2 atom stereocenters. The summed E-state index contributed by atoms with van der Waals surface area (Å²) in [5.41, 5.74) is 0.229. The lowest BCUT2D eigenvalue weighted by Crippen LogP contribution is -2.38. The van der Waals surface area contributed by atoms with E-state index in [9.17, 15) is 9.59 Å². The molecule has 1 amide bonds. The summed E-state index contributed by atoms with van der Waals surface area (Å²) in [6.45, 7) is 4.98. The Morgan fingerprint density at radius 2 is 1.50 bits per heavy atom. The molecule has 2 unspecified atom stereocenters. The number of esters is 1. The summed E-state index contributed by atoms with van der Waals surface area (Å²) in [6, 6.07) is 0. The lowest BCUT2D eigenvalue weighted by molar-refractivity contribution is -0.152. The highest BCUT2D eigenvalue weighted by Crippen LogP contribution is 2.37. The summed E-state index contributed by atoms with van der Waals surface area (Å²) in [6.07, 6.45) is 26.7. The molecule has 0 bridgehead atoms. The minimum Gasteiger partial charge on any atom is -0.461 e. The Labute approximate surface area is 272 Å². The van der Waals surface area contributed by atoms with Crippen LogP contribution in [-0.2, 0) is 19.0 Å². The Bertz CT molecular complexity index is 895. The van der Waals surface area contributed by atoms with Crippen molar-refractivity contribution in [2.75, 3.05) is 39.8 Å². The van der Waals surface area contributed by atoms with Crippen LogP contribution in [0.1, 0.15) is 129 Å². The number of amides is 1. The molecule has 0 aliphatic carbocycles. The molecule has 8 nitrogen and oxygen atoms in total. The van der Waals surface area contributed by atoms with Crippen LogP contribution in [0.15, 0.2) is 27.7 Å². The molecular weight excluding hydrogens is 574 g/mol. The van der Waals surface area contributed by atoms with E-state index in [1.165, 1.54) is 108 Å². The van der Waals surface area contributed by atoms with Gasteiger partial charge in [-0.2, -0.15) is 0 Å². The summed E-state index contributed by atoms with van der Waals surface area (Å²) < 4.78 is 16.3. The molecule has 0 aromatic rings. The lowest BCUT2D eigenvalue weighted by Gasteiger charge is -2.24. The van der Waals surface area contributed by atoms with Crippen LogP contribution >= 0.6 is 11.8 Å². The maximum absolute atomic E-state index is 13.1. The van der Waals surface area contributed by atoms with E-state index in [1.807, 2.05) is 0 Å². The fraction of sp³-hybridized carbons (Fsp3) is 0.800. The summed E-state index contributed by atoms with van der Waals surface area (Å²) in [7, 11) is 3.59. The summed E-state index contributed by atoms with van der Waals surface area (Å²) in [4.78, 5) is 33.2. The van der Waals surface area contributed by atoms with Gasteiger partial charge in [0.1, 0.15) is 19.3 Å². The molecule has 0 fully saturated rings. The topological polar surface area (TPSA) is 89.5 Å². The molecule has 0 aromatic heterocycles. The van der Waals surface area contributed by atoms with Crippen molar-refractivity contribution in [1.29, 1.82) is 0 Å². The van der Waals surface area contributed by atoms with E-state index in [2.05, 4.69) is 36.1 Å². The van der Waals surface area contributed by atoms with Gasteiger partial charge in [-0.3, -0.25) is 4.99 Å². The number of hydrogen-bond acceptors (Lipinski definition) is 8. The standard InChI is InChI=1S/C35H61N3O5S/c1-5-6-7-8-9-10-11-12-13-14-15-16-17-18-19-20-25-36-34(40)43-28-31(41-4)27-42-33(39)35(23-21-26-37-35)24-22-32-30(2)38(3)29-44-32/h21,23,26,31H,5-20,22,24-25,27-29H2,1-4H3,(H,36,40). The van der Waals surface area contributed by atoms with Crippen LogP contribution in [0.4, 0.5) is 4.79 Å². The highest BCUT2D eigenvalue weighted by Gasteiger charge is 2.39. The van der Waals surface area contributed by atoms with Crippen molar-refractivity contribution in [2.45, 2.75) is 141 Å². The summed E-state index contributed by atoms with van der Waals surface area (Å²) >= 11 is 1.80. The van der Waals surface area contributed by atoms with Crippen LogP contribution < -0.4 is 5.32 Å². The smallest absolute Gasteiger partial charge is 0.407 e. The molecule has 2 aliphatic rings. The number of alkyl carbamates (subject to hydrolysis) is 1. The van der Waals surface area contributed by atoms with Gasteiger partial charge in [0.25, 0.3) is 0 Å². The normalized spacial score (nSPS) is 18.3. The van der Waals surface area contributed by atoms with Gasteiger partial charge in [-0.1, -0.05) is 103 Å². The number of carbonyl (C=O) groups excluding carboxylic acids is 2. The number of allylic oxidation sites excluding steroid dienone is 3. The highest BCUT2D eigenvalue weighted by atomic mass is 32.2. The Kier molecular flexibility index (Phi) is 20.3. The van der Waals surface area contributed by atoms with E-state index in [-0.39, 0.29) is 13.2 Å². The molecule has 252 valence electrons. The van der Waals surface area contributed by atoms with Gasteiger partial charge < -0.3 is 24.4 Å². The third kappa shape index (κ3) is 15.3. The van der Waals surface area contributed by atoms with Gasteiger partial charge in [-0.15, -0.1) is 11.8 Å². The van der Waals surface area contributed by atoms with Crippen LogP contribution in [-0.4, -0.2) is 74.6 Å². The number of methoxy groups -OCH3 is 1. The number of nitrogens with one attached hydrogen (secondary N) is 1. The van der Waals surface area contributed by atoms with E-state index >= 15 is 0 Å². The monoisotopic (exact) mass is 635 g/mol. The molecule has 0 spiro atoms. The molecule has 1 N–H and O–H groups in total. The Morgan fingerprint density at radius 1 is 0.932 bits per heavy atom. The van der Waals surface area contributed by atoms with Gasteiger partial charge in [0, 0.05) is 37.5 Å². The van der Waals surface area contributed by atoms with Crippen LogP contribution in [0.3, 0.4) is 0 Å². The van der Waals surface area contributed by atoms with Crippen molar-refractivity contribution in [1.82, 2.24) is 10.2 Å². The molecule has 2 heterocycles. The third-order valence-corrected chi connectivity index (χ3v) is 10.1. The molecular formula is C35H61N3O5S. The summed E-state index contributed by atoms with van der Waals surface area (Å²) in [5.74, 6) is 0.521. The number of hydrogen-bond donors (Lipinski definition) is 1. The van der Waals surface area contributed by atoms with Gasteiger partial charge in [0.05, 0.1) is 5.88 Å². The Hall–Kier alpha value is -2.00. The first-order valence-electron chi connectivity index (χ1n) is 17.3. The van der Waals surface area contributed by atoms with Crippen molar-refractivity contribution < 1.29 is 23.8 Å². The lowest BCUT2D eigenvalue weighted by atomic mass is 9.94. The second kappa shape index (κ2) is 23.4. The molecule has 2 rings (SSSR count). The largest absolute Gasteiger partial charge is 0.461 e. The number of ether oxygens (including phenoxy) is 3. The molecule has 0 aromatic carbocycles. The predicted octanol–water partition coefficient (Wildman–Crippen LogP) is 8.56. The first-order valence-corrected chi connectivity index (χ1v) is 18.3. The molecule has 9 heteroatoms. The van der Waals surface area contributed by atoms with Crippen molar-refractivity contribution in [3.8, 4) is 0 Å². The van der Waals surface area contributed by atoms with Crippen molar-refractivity contribution in [2.24, 2.45) is 4.99 Å². The third-order valence-electron chi connectivity index (χ3n) is 8.69. The van der Waals surface area contributed by atoms with Crippen LogP contribution in [0.5, 0.6) is 0 Å². The molecule has 0 saturated carbocycles. The first kappa shape index (κ1) is 38.2. The Balaban J connectivity index is 1.47. The van der Waals surface area contributed by atoms with Gasteiger partial charge in [-0.05, 0) is 38.3 Å². The van der Waals surface area contributed by atoms with E-state index in [0.29, 0.717) is 13.0 Å². The number of unbranched alkanes of at least 4 members (excludes halogenated alkanes) is 15. The number of aliphatic imine (C=N–C) groups is 1. The second-order valence-electron chi connectivity index (χ2n) is 12.3. The Morgan fingerprint density at radius 3 is 2.00 bits per heavy atom. The quantitative estimate of drug-likeness (QED) is 0.0752. The molecule has 0 saturated heterocycles. The highest BCUT2D eigenvalue weighted by molar-refractivity contribution is 8.03. The average Bonchev–Trinajstić information content (AvgIpc) is 3.64. The van der Waals surface area contributed by atoms with E-state index < -0.39 is 23.7 Å². The number of thioether (sulfide) groups is 1. The van der Waals surface area contributed by atoms with Gasteiger partial charge in [0.2, 0.25) is 0 Å². The van der Waals surface area contributed by atoms with E-state index in [4.69, 9.17) is 14.2 Å². The SMILES string of the molecule is CCCCCCCCCCCCCCCCCCNC(=O)OCC(COC(=O)C1(CCC2=C(C)N(C)CS2)C=CC=N1)OC. The van der Waals surface area contributed by atoms with Gasteiger partial charge in [-0.25, -0.2) is 9.59 Å². The predicted molar refractivity (Wildman–Crippen MR) is 183 cm³/mol. The van der Waals surface area contributed by atoms with Crippen molar-refractivity contribution >= 4 is 30.0 Å². The van der Waals surface area contributed by atoms with Gasteiger partial charge >= 0.3 is 12.1 Å². The molecule has 44 heavy (non-hydrogen) atoms. The second-order valence-corrected chi connectivity index (χ2v) is 13.4. The minimum atomic E-state index is -1.02. The maximum Gasteiger partial charge on any atom is 0.407 e. The maximum atomic E-state index is 13.1. The molecule has 2 aliphatic heterocycles. The van der Waals surface area contributed by atoms with E-state index in [1.54, 1.807) is 30.1 Å². The van der Waals surface area contributed by atoms with Crippen LogP contribution in [0, 0.1) is 0 Å². The fourth-order valence-corrected chi connectivity index (χ4v) is 6.65. The van der Waals surface area contributed by atoms with Crippen LogP contribution in [0.2, 0.25) is 0 Å². The number of rotatable bonds is 26. The van der Waals surface area contributed by atoms with Crippen molar-refractivity contribution in [3.63, 3.8) is 0 Å². The zero-order valence-corrected chi connectivity index (χ0v) is 29.0. The first-order chi connectivity index (χ1) is 21.4. The minimum absolute atomic E-state index is 0.00788. The molecule has 0 radical (unpaired) electrons. The number of nitrogens with zero attached hydrogens (tertiary/aromatic N) is 2. The van der Waals surface area contributed by atoms with Crippen molar-refractivity contribution in [3.05, 3.63) is 22.8 Å². The summed E-state index contributed by atoms with van der Waals surface area (Å²) in [5, 5.41) is 2.81. The van der Waals surface area contributed by atoms with Crippen LogP contribution in [0.25, 0.3) is 0 Å². The fourth-order valence-electron chi connectivity index (χ4n) is 5.50. The average molecular weight is 636 g/mol. The van der Waals surface area contributed by atoms with Gasteiger partial charge in [0.15, 0.2) is 5.54 Å². The van der Waals surface area contributed by atoms with E-state index in [0.717, 1.165) is 25.1 Å². The number of carbonyl (C=O) groups is 2.